The Morgan fingerprint density at radius 1 is 1.31 bits per heavy atom. The van der Waals surface area contributed by atoms with E-state index in [1.54, 1.807) is 18.2 Å². The van der Waals surface area contributed by atoms with Crippen molar-refractivity contribution in [1.82, 2.24) is 4.90 Å². The Morgan fingerprint density at radius 2 is 2.12 bits per heavy atom. The lowest BCUT2D eigenvalue weighted by Gasteiger charge is -2.24. The van der Waals surface area contributed by atoms with E-state index in [1.165, 1.54) is 18.2 Å². The van der Waals surface area contributed by atoms with Crippen molar-refractivity contribution in [3.05, 3.63) is 63.4 Å². The lowest BCUT2D eigenvalue weighted by Crippen LogP contribution is -2.39. The third kappa shape index (κ3) is 4.16. The predicted octanol–water partition coefficient (Wildman–Crippen LogP) is 4.61. The molecular formula is C19H16Cl2FN3O. The molecule has 2 aromatic rings. The molecule has 134 valence electrons. The van der Waals surface area contributed by atoms with E-state index in [0.29, 0.717) is 39.8 Å². The summed E-state index contributed by atoms with van der Waals surface area (Å²) in [5.41, 5.74) is 1.26. The highest BCUT2D eigenvalue weighted by Gasteiger charge is 2.31. The van der Waals surface area contributed by atoms with Gasteiger partial charge in [0, 0.05) is 17.1 Å². The lowest BCUT2D eigenvalue weighted by atomic mass is 10.1. The van der Waals surface area contributed by atoms with E-state index in [-0.39, 0.29) is 18.3 Å². The summed E-state index contributed by atoms with van der Waals surface area (Å²) >= 11 is 12.1. The van der Waals surface area contributed by atoms with Crippen molar-refractivity contribution in [2.75, 3.05) is 11.9 Å². The first-order valence-electron chi connectivity index (χ1n) is 8.16. The largest absolute Gasteiger partial charge is 0.323 e. The van der Waals surface area contributed by atoms with Gasteiger partial charge in [0.1, 0.15) is 5.82 Å². The number of benzene rings is 2. The first kappa shape index (κ1) is 18.7. The third-order valence-electron chi connectivity index (χ3n) is 4.40. The van der Waals surface area contributed by atoms with Crippen molar-refractivity contribution in [3.63, 3.8) is 0 Å². The Hall–Kier alpha value is -2.13. The summed E-state index contributed by atoms with van der Waals surface area (Å²) in [6.07, 6.45) is 1.50. The summed E-state index contributed by atoms with van der Waals surface area (Å²) < 4.78 is 14.1. The normalized spacial score (nSPS) is 17.1. The summed E-state index contributed by atoms with van der Waals surface area (Å²) in [6, 6.07) is 10.7. The SMILES string of the molecule is N#Cc1ccc(F)c(CN2CCCC2C(=O)Nc2cc(Cl)ccc2Cl)c1. The summed E-state index contributed by atoms with van der Waals surface area (Å²) in [7, 11) is 0. The van der Waals surface area contributed by atoms with Crippen molar-refractivity contribution in [2.45, 2.75) is 25.4 Å². The molecule has 4 nitrogen and oxygen atoms in total. The van der Waals surface area contributed by atoms with Gasteiger partial charge < -0.3 is 5.32 Å². The van der Waals surface area contributed by atoms with Gasteiger partial charge in [-0.15, -0.1) is 0 Å². The molecule has 2 aromatic carbocycles. The molecule has 3 rings (SSSR count). The van der Waals surface area contributed by atoms with Gasteiger partial charge >= 0.3 is 0 Å². The van der Waals surface area contributed by atoms with Crippen LogP contribution < -0.4 is 5.32 Å². The number of nitriles is 1. The van der Waals surface area contributed by atoms with Crippen LogP contribution in [-0.2, 0) is 11.3 Å². The molecule has 1 heterocycles. The van der Waals surface area contributed by atoms with Gasteiger partial charge in [0.2, 0.25) is 5.91 Å². The van der Waals surface area contributed by atoms with Crippen LogP contribution in [0.3, 0.4) is 0 Å². The van der Waals surface area contributed by atoms with Gasteiger partial charge in [-0.3, -0.25) is 9.69 Å². The van der Waals surface area contributed by atoms with Gasteiger partial charge in [-0.25, -0.2) is 4.39 Å². The van der Waals surface area contributed by atoms with Gasteiger partial charge in [-0.1, -0.05) is 23.2 Å². The number of nitrogens with one attached hydrogen (secondary N) is 1. The van der Waals surface area contributed by atoms with Crippen LogP contribution in [0.15, 0.2) is 36.4 Å². The molecule has 26 heavy (non-hydrogen) atoms. The second-order valence-corrected chi connectivity index (χ2v) is 7.00. The fourth-order valence-electron chi connectivity index (χ4n) is 3.11. The number of rotatable bonds is 4. The smallest absolute Gasteiger partial charge is 0.241 e. The first-order chi connectivity index (χ1) is 12.5. The lowest BCUT2D eigenvalue weighted by molar-refractivity contribution is -0.120. The fraction of sp³-hybridized carbons (Fsp3) is 0.263. The molecule has 1 fully saturated rings. The average Bonchev–Trinajstić information content (AvgIpc) is 3.08. The highest BCUT2D eigenvalue weighted by molar-refractivity contribution is 6.35. The van der Waals surface area contributed by atoms with Crippen LogP contribution in [-0.4, -0.2) is 23.4 Å². The van der Waals surface area contributed by atoms with Gasteiger partial charge in [-0.2, -0.15) is 5.26 Å². The van der Waals surface area contributed by atoms with Gasteiger partial charge in [-0.05, 0) is 55.8 Å². The molecule has 0 spiro atoms. The van der Waals surface area contributed by atoms with Crippen LogP contribution in [0.1, 0.15) is 24.0 Å². The Morgan fingerprint density at radius 3 is 2.88 bits per heavy atom. The fourth-order valence-corrected chi connectivity index (χ4v) is 3.44. The summed E-state index contributed by atoms with van der Waals surface area (Å²) in [4.78, 5) is 14.6. The quantitative estimate of drug-likeness (QED) is 0.827. The number of nitrogens with zero attached hydrogens (tertiary/aromatic N) is 2. The maximum atomic E-state index is 14.1. The van der Waals surface area contributed by atoms with Crippen molar-refractivity contribution in [3.8, 4) is 6.07 Å². The van der Waals surface area contributed by atoms with Crippen molar-refractivity contribution in [2.24, 2.45) is 0 Å². The van der Waals surface area contributed by atoms with Gasteiger partial charge in [0.25, 0.3) is 0 Å². The predicted molar refractivity (Wildman–Crippen MR) is 99.6 cm³/mol. The van der Waals surface area contributed by atoms with Gasteiger partial charge in [0.15, 0.2) is 0 Å². The van der Waals surface area contributed by atoms with Crippen LogP contribution in [0.4, 0.5) is 10.1 Å². The van der Waals surface area contributed by atoms with Crippen molar-refractivity contribution >= 4 is 34.8 Å². The standard InChI is InChI=1S/C19H16Cl2FN3O/c20-14-4-5-15(21)17(9-14)24-19(26)18-2-1-7-25(18)11-13-8-12(10-23)3-6-16(13)22/h3-6,8-9,18H,1-2,7,11H2,(H,24,26). The van der Waals surface area contributed by atoms with E-state index in [4.69, 9.17) is 28.5 Å². The number of amides is 1. The molecule has 0 saturated carbocycles. The Kier molecular flexibility index (Phi) is 5.77. The molecule has 1 N–H and O–H groups in total. The third-order valence-corrected chi connectivity index (χ3v) is 4.97. The van der Waals surface area contributed by atoms with Crippen LogP contribution >= 0.6 is 23.2 Å². The first-order valence-corrected chi connectivity index (χ1v) is 8.92. The zero-order chi connectivity index (χ0) is 18.7. The molecule has 1 aliphatic rings. The molecule has 1 unspecified atom stereocenters. The zero-order valence-corrected chi connectivity index (χ0v) is 15.3. The Balaban J connectivity index is 1.75. The summed E-state index contributed by atoms with van der Waals surface area (Å²) in [5.74, 6) is -0.587. The Labute approximate surface area is 161 Å². The minimum atomic E-state index is -0.393. The number of carbonyl (C=O) groups excluding carboxylic acids is 1. The molecule has 0 aromatic heterocycles. The average molecular weight is 392 g/mol. The van der Waals surface area contributed by atoms with E-state index < -0.39 is 6.04 Å². The molecule has 1 atom stereocenters. The summed E-state index contributed by atoms with van der Waals surface area (Å²) in [6.45, 7) is 0.945. The number of likely N-dealkylation sites (tertiary alicyclic amines) is 1. The number of hydrogen-bond donors (Lipinski definition) is 1. The van der Waals surface area contributed by atoms with E-state index in [1.807, 2.05) is 11.0 Å². The highest BCUT2D eigenvalue weighted by atomic mass is 35.5. The second-order valence-electron chi connectivity index (χ2n) is 6.16. The minimum Gasteiger partial charge on any atom is -0.323 e. The number of hydrogen-bond acceptors (Lipinski definition) is 3. The molecule has 1 aliphatic heterocycles. The van der Waals surface area contributed by atoms with Crippen LogP contribution in [0.5, 0.6) is 0 Å². The number of halogens is 3. The van der Waals surface area contributed by atoms with Gasteiger partial charge in [0.05, 0.1) is 28.4 Å². The van der Waals surface area contributed by atoms with Crippen LogP contribution in [0, 0.1) is 17.1 Å². The molecular weight excluding hydrogens is 376 g/mol. The molecule has 0 radical (unpaired) electrons. The molecule has 0 bridgehead atoms. The maximum Gasteiger partial charge on any atom is 0.241 e. The second kappa shape index (κ2) is 8.05. The minimum absolute atomic E-state index is 0.205. The highest BCUT2D eigenvalue weighted by Crippen LogP contribution is 2.28. The number of carbonyl (C=O) groups is 1. The maximum absolute atomic E-state index is 14.1. The molecule has 1 saturated heterocycles. The monoisotopic (exact) mass is 391 g/mol. The molecule has 0 aliphatic carbocycles. The van der Waals surface area contributed by atoms with E-state index in [9.17, 15) is 9.18 Å². The van der Waals surface area contributed by atoms with Crippen LogP contribution in [0.25, 0.3) is 0 Å². The Bertz CT molecular complexity index is 882. The van der Waals surface area contributed by atoms with Crippen molar-refractivity contribution in [1.29, 1.82) is 5.26 Å². The summed E-state index contributed by atoms with van der Waals surface area (Å²) in [5, 5.41) is 12.7. The zero-order valence-electron chi connectivity index (χ0n) is 13.8. The molecule has 1 amide bonds. The van der Waals surface area contributed by atoms with Crippen molar-refractivity contribution < 1.29 is 9.18 Å². The molecule has 7 heteroatoms. The number of anilines is 1. The van der Waals surface area contributed by atoms with E-state index in [0.717, 1.165) is 6.42 Å². The topological polar surface area (TPSA) is 56.1 Å². The van der Waals surface area contributed by atoms with E-state index >= 15 is 0 Å². The van der Waals surface area contributed by atoms with Crippen LogP contribution in [0.2, 0.25) is 10.0 Å². The van der Waals surface area contributed by atoms with E-state index in [2.05, 4.69) is 5.32 Å².